The lowest BCUT2D eigenvalue weighted by atomic mass is 10.1. The van der Waals surface area contributed by atoms with Gasteiger partial charge in [-0.05, 0) is 45.4 Å². The Morgan fingerprint density at radius 2 is 2.00 bits per heavy atom. The minimum Gasteiger partial charge on any atom is -0.492 e. The fourth-order valence-electron chi connectivity index (χ4n) is 3.10. The first kappa shape index (κ1) is 18.1. The molecule has 5 heteroatoms. The monoisotopic (exact) mass is 355 g/mol. The van der Waals surface area contributed by atoms with Gasteiger partial charge in [0.05, 0.1) is 12.3 Å². The summed E-state index contributed by atoms with van der Waals surface area (Å²) >= 11 is 0. The molecule has 0 aromatic heterocycles. The third kappa shape index (κ3) is 4.10. The Kier molecular flexibility index (Phi) is 5.35. The highest BCUT2D eigenvalue weighted by Gasteiger charge is 2.22. The molecule has 1 amide bonds. The predicted octanol–water partition coefficient (Wildman–Crippen LogP) is 4.04. The molecule has 2 aromatic rings. The van der Waals surface area contributed by atoms with Crippen molar-refractivity contribution in [3.8, 4) is 17.2 Å². The number of benzene rings is 2. The quantitative estimate of drug-likeness (QED) is 0.849. The number of hydrogen-bond acceptors (Lipinski definition) is 4. The fourth-order valence-corrected chi connectivity index (χ4v) is 3.10. The Morgan fingerprint density at radius 3 is 2.73 bits per heavy atom. The highest BCUT2D eigenvalue weighted by atomic mass is 16.5. The van der Waals surface area contributed by atoms with Crippen molar-refractivity contribution in [2.45, 2.75) is 40.2 Å². The van der Waals surface area contributed by atoms with Crippen molar-refractivity contribution in [3.05, 3.63) is 47.0 Å². The Hall–Kier alpha value is -2.69. The lowest BCUT2D eigenvalue weighted by molar-refractivity contribution is -0.118. The van der Waals surface area contributed by atoms with Gasteiger partial charge in [-0.15, -0.1) is 0 Å². The second-order valence-electron chi connectivity index (χ2n) is 6.63. The Morgan fingerprint density at radius 1 is 1.19 bits per heavy atom. The van der Waals surface area contributed by atoms with E-state index in [1.165, 1.54) is 0 Å². The van der Waals surface area contributed by atoms with Gasteiger partial charge in [-0.1, -0.05) is 17.7 Å². The molecule has 26 heavy (non-hydrogen) atoms. The summed E-state index contributed by atoms with van der Waals surface area (Å²) in [6.45, 7) is 8.39. The second kappa shape index (κ2) is 7.68. The Labute approximate surface area is 154 Å². The SMILES string of the molecule is CCOc1cc2c(cc1NC(=O)COc1ccc(C)cc1C)O[C@H](C)C2. The van der Waals surface area contributed by atoms with E-state index in [-0.39, 0.29) is 18.6 Å². The van der Waals surface area contributed by atoms with E-state index in [0.29, 0.717) is 23.8 Å². The minimum atomic E-state index is -0.239. The number of aryl methyl sites for hydroxylation is 2. The highest BCUT2D eigenvalue weighted by Crippen LogP contribution is 2.38. The molecule has 1 aliphatic rings. The van der Waals surface area contributed by atoms with Crippen LogP contribution < -0.4 is 19.5 Å². The van der Waals surface area contributed by atoms with Crippen LogP contribution in [0.15, 0.2) is 30.3 Å². The number of rotatable bonds is 6. The lowest BCUT2D eigenvalue weighted by Crippen LogP contribution is -2.21. The van der Waals surface area contributed by atoms with Crippen LogP contribution in [-0.4, -0.2) is 25.2 Å². The summed E-state index contributed by atoms with van der Waals surface area (Å²) in [5.74, 6) is 1.93. The average molecular weight is 355 g/mol. The van der Waals surface area contributed by atoms with Gasteiger partial charge in [0.25, 0.3) is 5.91 Å². The van der Waals surface area contributed by atoms with E-state index in [2.05, 4.69) is 5.32 Å². The third-order valence-corrected chi connectivity index (χ3v) is 4.26. The summed E-state index contributed by atoms with van der Waals surface area (Å²) in [4.78, 5) is 12.4. The second-order valence-corrected chi connectivity index (χ2v) is 6.63. The van der Waals surface area contributed by atoms with Crippen molar-refractivity contribution in [3.63, 3.8) is 0 Å². The normalized spacial score (nSPS) is 15.2. The lowest BCUT2D eigenvalue weighted by Gasteiger charge is -2.14. The van der Waals surface area contributed by atoms with Crippen molar-refractivity contribution in [2.24, 2.45) is 0 Å². The first-order chi connectivity index (χ1) is 12.5. The molecule has 1 N–H and O–H groups in total. The number of ether oxygens (including phenoxy) is 3. The van der Waals surface area contributed by atoms with Crippen LogP contribution in [0.2, 0.25) is 0 Å². The molecule has 0 saturated heterocycles. The maximum Gasteiger partial charge on any atom is 0.262 e. The van der Waals surface area contributed by atoms with Gasteiger partial charge in [-0.2, -0.15) is 0 Å². The topological polar surface area (TPSA) is 56.8 Å². The molecular formula is C21H25NO4. The van der Waals surface area contributed by atoms with Crippen LogP contribution in [0.4, 0.5) is 5.69 Å². The molecule has 0 fully saturated rings. The minimum absolute atomic E-state index is 0.0657. The van der Waals surface area contributed by atoms with Crippen LogP contribution in [0.1, 0.15) is 30.5 Å². The van der Waals surface area contributed by atoms with Crippen molar-refractivity contribution in [2.75, 3.05) is 18.5 Å². The summed E-state index contributed by atoms with van der Waals surface area (Å²) in [6, 6.07) is 9.65. The maximum atomic E-state index is 12.4. The molecule has 1 aliphatic heterocycles. The number of hydrogen-bond donors (Lipinski definition) is 1. The van der Waals surface area contributed by atoms with Gasteiger partial charge in [-0.3, -0.25) is 4.79 Å². The summed E-state index contributed by atoms with van der Waals surface area (Å²) in [6.07, 6.45) is 0.984. The summed E-state index contributed by atoms with van der Waals surface area (Å²) in [5, 5.41) is 2.87. The van der Waals surface area contributed by atoms with E-state index in [0.717, 1.165) is 28.9 Å². The largest absolute Gasteiger partial charge is 0.492 e. The maximum absolute atomic E-state index is 12.4. The number of carbonyl (C=O) groups is 1. The van der Waals surface area contributed by atoms with Gasteiger partial charge in [0.15, 0.2) is 6.61 Å². The van der Waals surface area contributed by atoms with Crippen LogP contribution in [0.5, 0.6) is 17.2 Å². The summed E-state index contributed by atoms with van der Waals surface area (Å²) in [5.41, 5.74) is 3.88. The Bertz CT molecular complexity index is 816. The van der Waals surface area contributed by atoms with E-state index >= 15 is 0 Å². The zero-order chi connectivity index (χ0) is 18.7. The van der Waals surface area contributed by atoms with E-state index in [1.807, 2.05) is 58.0 Å². The number of carbonyl (C=O) groups excluding carboxylic acids is 1. The highest BCUT2D eigenvalue weighted by molar-refractivity contribution is 5.93. The van der Waals surface area contributed by atoms with Gasteiger partial charge in [0.2, 0.25) is 0 Å². The fraction of sp³-hybridized carbons (Fsp3) is 0.381. The first-order valence-electron chi connectivity index (χ1n) is 8.92. The molecule has 2 aromatic carbocycles. The summed E-state index contributed by atoms with van der Waals surface area (Å²) in [7, 11) is 0. The molecule has 0 bridgehead atoms. The zero-order valence-corrected chi connectivity index (χ0v) is 15.7. The van der Waals surface area contributed by atoms with Crippen LogP contribution in [-0.2, 0) is 11.2 Å². The standard InChI is InChI=1S/C21H25NO4/c1-5-24-20-10-16-9-15(4)26-19(16)11-17(20)22-21(23)12-25-18-7-6-13(2)8-14(18)3/h6-8,10-11,15H,5,9,12H2,1-4H3,(H,22,23)/t15-/m1/s1. The van der Waals surface area contributed by atoms with Crippen molar-refractivity contribution < 1.29 is 19.0 Å². The van der Waals surface area contributed by atoms with Gasteiger partial charge in [0.1, 0.15) is 23.4 Å². The van der Waals surface area contributed by atoms with Gasteiger partial charge < -0.3 is 19.5 Å². The smallest absolute Gasteiger partial charge is 0.262 e. The first-order valence-corrected chi connectivity index (χ1v) is 8.92. The molecule has 0 unspecified atom stereocenters. The number of amides is 1. The van der Waals surface area contributed by atoms with Crippen LogP contribution in [0, 0.1) is 13.8 Å². The molecule has 0 aliphatic carbocycles. The number of nitrogens with one attached hydrogen (secondary N) is 1. The number of fused-ring (bicyclic) bond motifs is 1. The van der Waals surface area contributed by atoms with E-state index in [1.54, 1.807) is 0 Å². The van der Waals surface area contributed by atoms with E-state index < -0.39 is 0 Å². The van der Waals surface area contributed by atoms with Crippen LogP contribution in [0.25, 0.3) is 0 Å². The van der Waals surface area contributed by atoms with Crippen LogP contribution in [0.3, 0.4) is 0 Å². The molecular weight excluding hydrogens is 330 g/mol. The molecule has 5 nitrogen and oxygen atoms in total. The van der Waals surface area contributed by atoms with E-state index in [9.17, 15) is 4.79 Å². The molecule has 1 atom stereocenters. The molecule has 0 spiro atoms. The van der Waals surface area contributed by atoms with Crippen molar-refractivity contribution in [1.82, 2.24) is 0 Å². The molecule has 0 radical (unpaired) electrons. The van der Waals surface area contributed by atoms with E-state index in [4.69, 9.17) is 14.2 Å². The Balaban J connectivity index is 1.69. The third-order valence-electron chi connectivity index (χ3n) is 4.26. The van der Waals surface area contributed by atoms with Crippen molar-refractivity contribution in [1.29, 1.82) is 0 Å². The van der Waals surface area contributed by atoms with Gasteiger partial charge in [-0.25, -0.2) is 0 Å². The predicted molar refractivity (Wildman–Crippen MR) is 101 cm³/mol. The molecule has 138 valence electrons. The van der Waals surface area contributed by atoms with Gasteiger partial charge in [0, 0.05) is 18.1 Å². The molecule has 1 heterocycles. The summed E-state index contributed by atoms with van der Waals surface area (Å²) < 4.78 is 17.1. The molecule has 0 saturated carbocycles. The van der Waals surface area contributed by atoms with Gasteiger partial charge >= 0.3 is 0 Å². The number of anilines is 1. The van der Waals surface area contributed by atoms with Crippen LogP contribution >= 0.6 is 0 Å². The zero-order valence-electron chi connectivity index (χ0n) is 15.7. The molecule has 3 rings (SSSR count). The average Bonchev–Trinajstić information content (AvgIpc) is 2.93. The van der Waals surface area contributed by atoms with Crippen molar-refractivity contribution >= 4 is 11.6 Å².